The fraction of sp³-hybridized carbons (Fsp3) is 0.455. The van der Waals surface area contributed by atoms with Crippen molar-refractivity contribution < 1.29 is 5.11 Å². The molecular weight excluding hydrogens is 208 g/mol. The zero-order valence-corrected chi connectivity index (χ0v) is 9.76. The van der Waals surface area contributed by atoms with Gasteiger partial charge in [0.1, 0.15) is 0 Å². The summed E-state index contributed by atoms with van der Waals surface area (Å²) in [6.07, 6.45) is 2.05. The van der Waals surface area contributed by atoms with E-state index < -0.39 is 0 Å². The van der Waals surface area contributed by atoms with Crippen molar-refractivity contribution in [1.82, 2.24) is 5.32 Å². The first-order valence-corrected chi connectivity index (χ1v) is 6.22. The Morgan fingerprint density at radius 1 is 1.40 bits per heavy atom. The van der Waals surface area contributed by atoms with E-state index in [1.54, 1.807) is 11.8 Å². The summed E-state index contributed by atoms with van der Waals surface area (Å²) < 4.78 is 0. The number of rotatable bonds is 6. The third-order valence-corrected chi connectivity index (χ3v) is 3.00. The summed E-state index contributed by atoms with van der Waals surface area (Å²) >= 11 is 1.72. The predicted octanol–water partition coefficient (Wildman–Crippen LogP) is 0.990. The molecule has 0 bridgehead atoms. The maximum atomic E-state index is 8.73. The predicted molar refractivity (Wildman–Crippen MR) is 65.1 cm³/mol. The first kappa shape index (κ1) is 12.5. The normalized spacial score (nSPS) is 12.7. The standard InChI is InChI=1S/C11H18N2OS/c1-15-10-4-2-9(3-5-10)11(8-12)13-6-7-14/h2-5,11,13-14H,6-8,12H2,1H3. The monoisotopic (exact) mass is 226 g/mol. The second-order valence-corrected chi connectivity index (χ2v) is 4.12. The molecule has 0 radical (unpaired) electrons. The van der Waals surface area contributed by atoms with Crippen molar-refractivity contribution >= 4 is 11.8 Å². The summed E-state index contributed by atoms with van der Waals surface area (Å²) in [4.78, 5) is 1.25. The molecule has 1 aromatic carbocycles. The van der Waals surface area contributed by atoms with Gasteiger partial charge in [-0.2, -0.15) is 0 Å². The van der Waals surface area contributed by atoms with Gasteiger partial charge in [-0.1, -0.05) is 12.1 Å². The van der Waals surface area contributed by atoms with Gasteiger partial charge in [-0.3, -0.25) is 0 Å². The molecule has 0 fully saturated rings. The molecule has 0 aromatic heterocycles. The number of hydrogen-bond acceptors (Lipinski definition) is 4. The maximum absolute atomic E-state index is 8.73. The van der Waals surface area contributed by atoms with E-state index in [4.69, 9.17) is 10.8 Å². The number of benzene rings is 1. The van der Waals surface area contributed by atoms with Gasteiger partial charge < -0.3 is 16.2 Å². The summed E-state index contributed by atoms with van der Waals surface area (Å²) in [5, 5.41) is 11.9. The molecule has 0 aliphatic rings. The molecule has 4 N–H and O–H groups in total. The SMILES string of the molecule is CSc1ccc(C(CN)NCCO)cc1. The largest absolute Gasteiger partial charge is 0.395 e. The van der Waals surface area contributed by atoms with Crippen LogP contribution in [0.25, 0.3) is 0 Å². The van der Waals surface area contributed by atoms with Crippen LogP contribution in [0.4, 0.5) is 0 Å². The third-order valence-electron chi connectivity index (χ3n) is 2.26. The zero-order chi connectivity index (χ0) is 11.1. The number of thioether (sulfide) groups is 1. The number of aliphatic hydroxyl groups excluding tert-OH is 1. The van der Waals surface area contributed by atoms with E-state index in [9.17, 15) is 0 Å². The quantitative estimate of drug-likeness (QED) is 0.633. The van der Waals surface area contributed by atoms with E-state index >= 15 is 0 Å². The average molecular weight is 226 g/mol. The molecule has 0 saturated heterocycles. The molecule has 84 valence electrons. The highest BCUT2D eigenvalue weighted by Crippen LogP contribution is 2.18. The molecule has 1 atom stereocenters. The van der Waals surface area contributed by atoms with Crippen molar-refractivity contribution in [3.05, 3.63) is 29.8 Å². The lowest BCUT2D eigenvalue weighted by Gasteiger charge is -2.16. The van der Waals surface area contributed by atoms with Crippen molar-refractivity contribution in [2.24, 2.45) is 5.73 Å². The highest BCUT2D eigenvalue weighted by Gasteiger charge is 2.07. The molecule has 0 heterocycles. The van der Waals surface area contributed by atoms with Crippen LogP contribution in [0.15, 0.2) is 29.2 Å². The van der Waals surface area contributed by atoms with Gasteiger partial charge in [-0.05, 0) is 24.0 Å². The highest BCUT2D eigenvalue weighted by molar-refractivity contribution is 7.98. The molecule has 3 nitrogen and oxygen atoms in total. The first-order valence-electron chi connectivity index (χ1n) is 5.00. The molecule has 0 amide bonds. The first-order chi connectivity index (χ1) is 7.31. The van der Waals surface area contributed by atoms with Crippen LogP contribution in [0, 0.1) is 0 Å². The van der Waals surface area contributed by atoms with E-state index in [2.05, 4.69) is 35.8 Å². The number of hydrogen-bond donors (Lipinski definition) is 3. The van der Waals surface area contributed by atoms with Gasteiger partial charge in [0.05, 0.1) is 6.61 Å². The van der Waals surface area contributed by atoms with Gasteiger partial charge in [0.15, 0.2) is 0 Å². The Hall–Kier alpha value is -0.550. The molecule has 0 spiro atoms. The van der Waals surface area contributed by atoms with E-state index in [0.717, 1.165) is 0 Å². The van der Waals surface area contributed by atoms with Crippen LogP contribution in [-0.2, 0) is 0 Å². The molecule has 0 saturated carbocycles. The molecular formula is C11H18N2OS. The van der Waals surface area contributed by atoms with E-state index in [1.807, 2.05) is 0 Å². The van der Waals surface area contributed by atoms with Crippen LogP contribution in [-0.4, -0.2) is 31.1 Å². The molecule has 1 aromatic rings. The third kappa shape index (κ3) is 3.83. The van der Waals surface area contributed by atoms with Crippen molar-refractivity contribution in [2.45, 2.75) is 10.9 Å². The lowest BCUT2D eigenvalue weighted by atomic mass is 10.1. The Labute approximate surface area is 95.1 Å². The van der Waals surface area contributed by atoms with Gasteiger partial charge in [-0.25, -0.2) is 0 Å². The summed E-state index contributed by atoms with van der Waals surface area (Å²) in [6.45, 7) is 1.25. The smallest absolute Gasteiger partial charge is 0.0556 e. The highest BCUT2D eigenvalue weighted by atomic mass is 32.2. The Morgan fingerprint density at radius 3 is 2.53 bits per heavy atom. The minimum Gasteiger partial charge on any atom is -0.395 e. The summed E-state index contributed by atoms with van der Waals surface area (Å²) in [7, 11) is 0. The molecule has 0 aliphatic carbocycles. The number of nitrogens with two attached hydrogens (primary N) is 1. The Balaban J connectivity index is 2.65. The van der Waals surface area contributed by atoms with E-state index in [-0.39, 0.29) is 12.6 Å². The van der Waals surface area contributed by atoms with Crippen LogP contribution >= 0.6 is 11.8 Å². The van der Waals surface area contributed by atoms with Crippen molar-refractivity contribution in [3.8, 4) is 0 Å². The van der Waals surface area contributed by atoms with Crippen molar-refractivity contribution in [2.75, 3.05) is 26.0 Å². The van der Waals surface area contributed by atoms with Crippen LogP contribution in [0.2, 0.25) is 0 Å². The van der Waals surface area contributed by atoms with Gasteiger partial charge in [0.2, 0.25) is 0 Å². The van der Waals surface area contributed by atoms with Crippen molar-refractivity contribution in [1.29, 1.82) is 0 Å². The Kier molecular flexibility index (Phi) is 5.71. The van der Waals surface area contributed by atoms with Crippen LogP contribution in [0.3, 0.4) is 0 Å². The Morgan fingerprint density at radius 2 is 2.07 bits per heavy atom. The lowest BCUT2D eigenvalue weighted by molar-refractivity contribution is 0.285. The minimum atomic E-state index is 0.132. The average Bonchev–Trinajstić information content (AvgIpc) is 2.31. The van der Waals surface area contributed by atoms with Crippen LogP contribution in [0.1, 0.15) is 11.6 Å². The molecule has 1 unspecified atom stereocenters. The summed E-state index contributed by atoms with van der Waals surface area (Å²) in [5.74, 6) is 0. The molecule has 4 heteroatoms. The lowest BCUT2D eigenvalue weighted by Crippen LogP contribution is -2.30. The summed E-state index contributed by atoms with van der Waals surface area (Å²) in [5.41, 5.74) is 6.84. The fourth-order valence-corrected chi connectivity index (χ4v) is 1.82. The van der Waals surface area contributed by atoms with Gasteiger partial charge >= 0.3 is 0 Å². The van der Waals surface area contributed by atoms with E-state index in [1.165, 1.54) is 10.5 Å². The summed E-state index contributed by atoms with van der Waals surface area (Å²) in [6, 6.07) is 8.46. The van der Waals surface area contributed by atoms with Crippen molar-refractivity contribution in [3.63, 3.8) is 0 Å². The zero-order valence-electron chi connectivity index (χ0n) is 8.94. The number of nitrogens with one attached hydrogen (secondary N) is 1. The van der Waals surface area contributed by atoms with Gasteiger partial charge in [0.25, 0.3) is 0 Å². The fourth-order valence-electron chi connectivity index (χ4n) is 1.41. The van der Waals surface area contributed by atoms with Crippen LogP contribution < -0.4 is 11.1 Å². The van der Waals surface area contributed by atoms with Gasteiger partial charge in [0, 0.05) is 24.0 Å². The second kappa shape index (κ2) is 6.85. The Bertz CT molecular complexity index is 276. The van der Waals surface area contributed by atoms with Crippen LogP contribution in [0.5, 0.6) is 0 Å². The van der Waals surface area contributed by atoms with E-state index in [0.29, 0.717) is 13.1 Å². The molecule has 15 heavy (non-hydrogen) atoms. The molecule has 0 aliphatic heterocycles. The maximum Gasteiger partial charge on any atom is 0.0556 e. The molecule has 1 rings (SSSR count). The topological polar surface area (TPSA) is 58.3 Å². The minimum absolute atomic E-state index is 0.132. The second-order valence-electron chi connectivity index (χ2n) is 3.24. The number of aliphatic hydroxyl groups is 1. The van der Waals surface area contributed by atoms with Gasteiger partial charge in [-0.15, -0.1) is 11.8 Å².